The molecular formula is C24H29NO3. The molecular weight excluding hydrogens is 350 g/mol. The van der Waals surface area contributed by atoms with Gasteiger partial charge < -0.3 is 14.4 Å². The predicted octanol–water partition coefficient (Wildman–Crippen LogP) is 4.26. The lowest BCUT2D eigenvalue weighted by atomic mass is 9.90. The molecule has 1 saturated heterocycles. The highest BCUT2D eigenvalue weighted by atomic mass is 16.5. The summed E-state index contributed by atoms with van der Waals surface area (Å²) in [4.78, 5) is 14.8. The number of hydrogen-bond acceptors (Lipinski definition) is 3. The molecule has 1 fully saturated rings. The standard InChI is InChI=1S/C24H29NO3/c1-2-27-21-11-9-18(10-12-21)7-8-19-13-15-25(16-14-19)24(26)23-17-20-5-3-4-6-22(20)28-23/h3-6,9-12,19,23H,2,7-8,13-17H2,1H3. The maximum absolute atomic E-state index is 12.8. The zero-order chi connectivity index (χ0) is 19.3. The summed E-state index contributed by atoms with van der Waals surface area (Å²) in [5.41, 5.74) is 2.50. The summed E-state index contributed by atoms with van der Waals surface area (Å²) >= 11 is 0. The van der Waals surface area contributed by atoms with Gasteiger partial charge in [-0.15, -0.1) is 0 Å². The Morgan fingerprint density at radius 1 is 1.11 bits per heavy atom. The van der Waals surface area contributed by atoms with Crippen molar-refractivity contribution in [3.05, 3.63) is 59.7 Å². The Hall–Kier alpha value is -2.49. The Bertz CT molecular complexity index is 769. The summed E-state index contributed by atoms with van der Waals surface area (Å²) in [7, 11) is 0. The molecule has 0 aliphatic carbocycles. The molecule has 1 atom stereocenters. The number of fused-ring (bicyclic) bond motifs is 1. The van der Waals surface area contributed by atoms with Gasteiger partial charge in [-0.05, 0) is 67.9 Å². The number of likely N-dealkylation sites (tertiary alicyclic amines) is 1. The van der Waals surface area contributed by atoms with Crippen molar-refractivity contribution in [2.45, 2.75) is 45.1 Å². The predicted molar refractivity (Wildman–Crippen MR) is 110 cm³/mol. The van der Waals surface area contributed by atoms with Gasteiger partial charge >= 0.3 is 0 Å². The zero-order valence-electron chi connectivity index (χ0n) is 16.6. The van der Waals surface area contributed by atoms with Gasteiger partial charge in [-0.2, -0.15) is 0 Å². The molecule has 0 radical (unpaired) electrons. The van der Waals surface area contributed by atoms with Crippen molar-refractivity contribution < 1.29 is 14.3 Å². The third-order valence-electron chi connectivity index (χ3n) is 5.92. The Morgan fingerprint density at radius 2 is 1.86 bits per heavy atom. The van der Waals surface area contributed by atoms with Gasteiger partial charge in [0.2, 0.25) is 0 Å². The maximum Gasteiger partial charge on any atom is 0.263 e. The van der Waals surface area contributed by atoms with Crippen LogP contribution in [0.25, 0.3) is 0 Å². The van der Waals surface area contributed by atoms with Crippen LogP contribution in [0.5, 0.6) is 11.5 Å². The minimum atomic E-state index is -0.335. The smallest absolute Gasteiger partial charge is 0.263 e. The molecule has 0 bridgehead atoms. The number of hydrogen-bond donors (Lipinski definition) is 0. The van der Waals surface area contributed by atoms with Crippen LogP contribution in [-0.2, 0) is 17.6 Å². The van der Waals surface area contributed by atoms with Crippen LogP contribution in [0.1, 0.15) is 37.3 Å². The number of aryl methyl sites for hydroxylation is 1. The van der Waals surface area contributed by atoms with Crippen molar-refractivity contribution in [3.8, 4) is 11.5 Å². The summed E-state index contributed by atoms with van der Waals surface area (Å²) in [6, 6.07) is 16.4. The molecule has 2 aliphatic heterocycles. The van der Waals surface area contributed by atoms with Crippen LogP contribution >= 0.6 is 0 Å². The number of carbonyl (C=O) groups is 1. The van der Waals surface area contributed by atoms with Gasteiger partial charge in [0, 0.05) is 19.5 Å². The van der Waals surface area contributed by atoms with Crippen LogP contribution in [0.15, 0.2) is 48.5 Å². The molecule has 4 heteroatoms. The van der Waals surface area contributed by atoms with Gasteiger partial charge in [0.15, 0.2) is 6.10 Å². The number of piperidine rings is 1. The van der Waals surface area contributed by atoms with E-state index in [9.17, 15) is 4.79 Å². The first kappa shape index (κ1) is 18.9. The molecule has 4 rings (SSSR count). The Morgan fingerprint density at radius 3 is 2.57 bits per heavy atom. The monoisotopic (exact) mass is 379 g/mol. The number of amides is 1. The van der Waals surface area contributed by atoms with Crippen molar-refractivity contribution in [2.24, 2.45) is 5.92 Å². The van der Waals surface area contributed by atoms with Crippen molar-refractivity contribution in [3.63, 3.8) is 0 Å². The fraction of sp³-hybridized carbons (Fsp3) is 0.458. The maximum atomic E-state index is 12.8. The van der Waals surface area contributed by atoms with Crippen molar-refractivity contribution in [2.75, 3.05) is 19.7 Å². The van der Waals surface area contributed by atoms with E-state index >= 15 is 0 Å². The molecule has 0 aromatic heterocycles. The quantitative estimate of drug-likeness (QED) is 0.753. The summed E-state index contributed by atoms with van der Waals surface area (Å²) in [6.45, 7) is 4.41. The number of carbonyl (C=O) groups excluding carboxylic acids is 1. The first-order chi connectivity index (χ1) is 13.7. The van der Waals surface area contributed by atoms with Gasteiger partial charge in [-0.25, -0.2) is 0 Å². The first-order valence-corrected chi connectivity index (χ1v) is 10.5. The normalized spacial score (nSPS) is 19.2. The molecule has 4 nitrogen and oxygen atoms in total. The zero-order valence-corrected chi connectivity index (χ0v) is 16.6. The summed E-state index contributed by atoms with van der Waals surface area (Å²) in [5, 5.41) is 0. The summed E-state index contributed by atoms with van der Waals surface area (Å²) in [6.07, 6.45) is 4.81. The van der Waals surface area contributed by atoms with Crippen molar-refractivity contribution >= 4 is 5.91 Å². The SMILES string of the molecule is CCOc1ccc(CCC2CCN(C(=O)C3Cc4ccccc4O3)CC2)cc1. The number of benzene rings is 2. The molecule has 0 N–H and O–H groups in total. The van der Waals surface area contributed by atoms with Gasteiger partial charge in [-0.3, -0.25) is 4.79 Å². The van der Waals surface area contributed by atoms with E-state index in [4.69, 9.17) is 9.47 Å². The fourth-order valence-corrected chi connectivity index (χ4v) is 4.26. The number of para-hydroxylation sites is 1. The second-order valence-electron chi connectivity index (χ2n) is 7.80. The molecule has 2 aromatic rings. The van der Waals surface area contributed by atoms with Gasteiger partial charge in [0.1, 0.15) is 11.5 Å². The molecule has 28 heavy (non-hydrogen) atoms. The van der Waals surface area contributed by atoms with E-state index < -0.39 is 0 Å². The van der Waals surface area contributed by atoms with E-state index in [1.807, 2.05) is 30.0 Å². The minimum absolute atomic E-state index is 0.154. The second kappa shape index (κ2) is 8.68. The average Bonchev–Trinajstić information content (AvgIpc) is 3.18. The largest absolute Gasteiger partial charge is 0.494 e. The first-order valence-electron chi connectivity index (χ1n) is 10.5. The molecule has 2 heterocycles. The van der Waals surface area contributed by atoms with Crippen LogP contribution in [0.4, 0.5) is 0 Å². The fourth-order valence-electron chi connectivity index (χ4n) is 4.26. The highest BCUT2D eigenvalue weighted by Crippen LogP contribution is 2.30. The topological polar surface area (TPSA) is 38.8 Å². The minimum Gasteiger partial charge on any atom is -0.494 e. The van der Waals surface area contributed by atoms with Gasteiger partial charge in [0.25, 0.3) is 5.91 Å². The summed E-state index contributed by atoms with van der Waals surface area (Å²) < 4.78 is 11.4. The second-order valence-corrected chi connectivity index (χ2v) is 7.80. The van der Waals surface area contributed by atoms with Gasteiger partial charge in [0.05, 0.1) is 6.61 Å². The van der Waals surface area contributed by atoms with E-state index in [-0.39, 0.29) is 12.0 Å². The van der Waals surface area contributed by atoms with Gasteiger partial charge in [-0.1, -0.05) is 30.3 Å². The lowest BCUT2D eigenvalue weighted by molar-refractivity contribution is -0.139. The Balaban J connectivity index is 1.22. The molecule has 0 spiro atoms. The molecule has 1 amide bonds. The molecule has 2 aromatic carbocycles. The Kier molecular flexibility index (Phi) is 5.84. The number of nitrogens with zero attached hydrogens (tertiary/aromatic N) is 1. The molecule has 148 valence electrons. The van der Waals surface area contributed by atoms with Crippen molar-refractivity contribution in [1.82, 2.24) is 4.90 Å². The van der Waals surface area contributed by atoms with E-state index in [1.54, 1.807) is 0 Å². The highest BCUT2D eigenvalue weighted by molar-refractivity contribution is 5.82. The van der Waals surface area contributed by atoms with Crippen LogP contribution in [0.2, 0.25) is 0 Å². The summed E-state index contributed by atoms with van der Waals surface area (Å²) in [5.74, 6) is 2.65. The van der Waals surface area contributed by atoms with E-state index in [1.165, 1.54) is 12.0 Å². The van der Waals surface area contributed by atoms with E-state index in [2.05, 4.69) is 30.3 Å². The molecule has 0 saturated carbocycles. The van der Waals surface area contributed by atoms with E-state index in [0.29, 0.717) is 18.9 Å². The van der Waals surface area contributed by atoms with Crippen LogP contribution in [0, 0.1) is 5.92 Å². The number of rotatable bonds is 6. The molecule has 1 unspecified atom stereocenters. The third kappa shape index (κ3) is 4.32. The third-order valence-corrected chi connectivity index (χ3v) is 5.92. The van der Waals surface area contributed by atoms with Crippen LogP contribution in [-0.4, -0.2) is 36.6 Å². The van der Waals surface area contributed by atoms with E-state index in [0.717, 1.165) is 49.4 Å². The average molecular weight is 380 g/mol. The highest BCUT2D eigenvalue weighted by Gasteiger charge is 2.33. The lowest BCUT2D eigenvalue weighted by Crippen LogP contribution is -2.45. The lowest BCUT2D eigenvalue weighted by Gasteiger charge is -2.33. The van der Waals surface area contributed by atoms with Crippen molar-refractivity contribution in [1.29, 1.82) is 0 Å². The van der Waals surface area contributed by atoms with Crippen LogP contribution in [0.3, 0.4) is 0 Å². The Labute approximate surface area is 167 Å². The number of ether oxygens (including phenoxy) is 2. The molecule has 2 aliphatic rings. The van der Waals surface area contributed by atoms with Crippen LogP contribution < -0.4 is 9.47 Å².